The average Bonchev–Trinajstić information content (AvgIpc) is 2.78. The highest BCUT2D eigenvalue weighted by Crippen LogP contribution is 2.42. The molecule has 1 aliphatic rings. The second kappa shape index (κ2) is 10.9. The van der Waals surface area contributed by atoms with E-state index >= 15 is 0 Å². The van der Waals surface area contributed by atoms with Gasteiger partial charge < -0.3 is 39.7 Å². The van der Waals surface area contributed by atoms with Gasteiger partial charge in [0.1, 0.15) is 41.7 Å². The molecule has 0 amide bonds. The van der Waals surface area contributed by atoms with Gasteiger partial charge in [-0.2, -0.15) is 0 Å². The lowest BCUT2D eigenvalue weighted by molar-refractivity contribution is -0.277. The minimum absolute atomic E-state index is 0.0485. The zero-order valence-corrected chi connectivity index (χ0v) is 19.9. The van der Waals surface area contributed by atoms with Crippen LogP contribution >= 0.6 is 0 Å². The van der Waals surface area contributed by atoms with Gasteiger partial charge in [-0.15, -0.1) is 0 Å². The summed E-state index contributed by atoms with van der Waals surface area (Å²) in [4.78, 5) is 13.0. The van der Waals surface area contributed by atoms with Crippen molar-refractivity contribution in [3.63, 3.8) is 0 Å². The number of aliphatic hydroxyl groups excluding tert-OH is 4. The minimum atomic E-state index is -1.64. The first kappa shape index (κ1) is 26.2. The Morgan fingerprint density at radius 3 is 2.44 bits per heavy atom. The lowest BCUT2D eigenvalue weighted by Gasteiger charge is -2.39. The van der Waals surface area contributed by atoms with E-state index in [0.29, 0.717) is 29.0 Å². The van der Waals surface area contributed by atoms with Gasteiger partial charge in [0, 0.05) is 12.5 Å². The molecule has 0 unspecified atom stereocenters. The van der Waals surface area contributed by atoms with Crippen molar-refractivity contribution >= 4 is 16.6 Å². The molecule has 34 heavy (non-hydrogen) atoms. The van der Waals surface area contributed by atoms with E-state index in [0.717, 1.165) is 6.42 Å². The van der Waals surface area contributed by atoms with E-state index < -0.39 is 37.3 Å². The Kier molecular flexibility index (Phi) is 8.38. The van der Waals surface area contributed by atoms with E-state index in [1.54, 1.807) is 19.1 Å². The topological polar surface area (TPSA) is 146 Å². The Balaban J connectivity index is 2.04. The first-order valence-electron chi connectivity index (χ1n) is 11.4. The lowest BCUT2D eigenvalue weighted by atomic mass is 9.93. The second-order valence-corrected chi connectivity index (χ2v) is 9.17. The van der Waals surface area contributed by atoms with E-state index in [-0.39, 0.29) is 34.7 Å². The van der Waals surface area contributed by atoms with Crippen LogP contribution in [0.15, 0.2) is 18.2 Å². The third kappa shape index (κ3) is 5.29. The van der Waals surface area contributed by atoms with E-state index in [4.69, 9.17) is 14.2 Å². The summed E-state index contributed by atoms with van der Waals surface area (Å²) in [6.45, 7) is 5.30. The molecule has 188 valence electrons. The van der Waals surface area contributed by atoms with Crippen LogP contribution in [-0.2, 0) is 4.74 Å². The third-order valence-electron chi connectivity index (χ3n) is 6.14. The maximum atomic E-state index is 13.0. The number of hydrogen-bond acceptors (Lipinski definition) is 9. The van der Waals surface area contributed by atoms with Crippen molar-refractivity contribution < 1.29 is 44.5 Å². The first-order chi connectivity index (χ1) is 16.1. The highest BCUT2D eigenvalue weighted by molar-refractivity contribution is 6.08. The average molecular weight is 479 g/mol. The van der Waals surface area contributed by atoms with E-state index in [9.17, 15) is 30.3 Å². The van der Waals surface area contributed by atoms with E-state index in [2.05, 4.69) is 13.8 Å². The molecule has 0 radical (unpaired) electrons. The van der Waals surface area contributed by atoms with Crippen LogP contribution in [0.5, 0.6) is 17.2 Å². The Morgan fingerprint density at radius 1 is 1.12 bits per heavy atom. The van der Waals surface area contributed by atoms with Gasteiger partial charge >= 0.3 is 0 Å². The monoisotopic (exact) mass is 478 g/mol. The van der Waals surface area contributed by atoms with Gasteiger partial charge in [-0.05, 0) is 36.3 Å². The quantitative estimate of drug-likeness (QED) is 0.342. The summed E-state index contributed by atoms with van der Waals surface area (Å²) in [6.07, 6.45) is -5.53. The standard InChI is InChI=1S/C25H34O9/c1-12(2)6-5-7-16(27)19-13(3)8-14-9-15(32-4)10-17(20(14)22(19)29)33-25-24(31)23(30)21(28)18(11-26)34-25/h8-10,12,18,21,23-26,28-31H,5-7,11H2,1-4H3/t18-,21-,23+,24-,25+/m1/s1. The number of aliphatic hydroxyl groups is 4. The fourth-order valence-corrected chi connectivity index (χ4v) is 4.24. The highest BCUT2D eigenvalue weighted by Gasteiger charge is 2.45. The third-order valence-corrected chi connectivity index (χ3v) is 6.14. The van der Waals surface area contributed by atoms with Crippen LogP contribution in [0.4, 0.5) is 0 Å². The lowest BCUT2D eigenvalue weighted by Crippen LogP contribution is -2.60. The predicted molar refractivity (Wildman–Crippen MR) is 124 cm³/mol. The molecule has 0 aromatic heterocycles. The maximum absolute atomic E-state index is 13.0. The van der Waals surface area contributed by atoms with Gasteiger partial charge in [0.2, 0.25) is 6.29 Å². The fourth-order valence-electron chi connectivity index (χ4n) is 4.24. The molecular formula is C25H34O9. The van der Waals surface area contributed by atoms with Crippen LogP contribution in [0, 0.1) is 12.8 Å². The Bertz CT molecular complexity index is 1020. The van der Waals surface area contributed by atoms with Crippen LogP contribution in [0.3, 0.4) is 0 Å². The van der Waals surface area contributed by atoms with Gasteiger partial charge in [-0.3, -0.25) is 4.79 Å². The number of phenolic OH excluding ortho intramolecular Hbond substituents is 1. The fraction of sp³-hybridized carbons (Fsp3) is 0.560. The summed E-state index contributed by atoms with van der Waals surface area (Å²) in [5.74, 6) is 0.457. The number of ketones is 1. The van der Waals surface area contributed by atoms with Crippen molar-refractivity contribution in [2.45, 2.75) is 70.7 Å². The summed E-state index contributed by atoms with van der Waals surface area (Å²) in [7, 11) is 1.46. The summed E-state index contributed by atoms with van der Waals surface area (Å²) in [5, 5.41) is 51.9. The number of benzene rings is 2. The molecule has 1 heterocycles. The van der Waals surface area contributed by atoms with Gasteiger partial charge in [0.15, 0.2) is 5.78 Å². The van der Waals surface area contributed by atoms with E-state index in [1.807, 2.05) is 0 Å². The molecule has 0 saturated carbocycles. The number of ether oxygens (including phenoxy) is 3. The minimum Gasteiger partial charge on any atom is -0.506 e. The molecule has 2 aromatic rings. The zero-order chi connectivity index (χ0) is 25.2. The molecule has 5 N–H and O–H groups in total. The largest absolute Gasteiger partial charge is 0.506 e. The maximum Gasteiger partial charge on any atom is 0.229 e. The molecule has 1 fully saturated rings. The van der Waals surface area contributed by atoms with E-state index in [1.165, 1.54) is 13.2 Å². The second-order valence-electron chi connectivity index (χ2n) is 9.17. The number of aromatic hydroxyl groups is 1. The van der Waals surface area contributed by atoms with Gasteiger partial charge in [0.25, 0.3) is 0 Å². The Labute approximate surface area is 198 Å². The molecular weight excluding hydrogens is 444 g/mol. The van der Waals surface area contributed by atoms with Crippen molar-refractivity contribution in [3.05, 3.63) is 29.3 Å². The zero-order valence-electron chi connectivity index (χ0n) is 19.9. The van der Waals surface area contributed by atoms with Crippen molar-refractivity contribution in [2.75, 3.05) is 13.7 Å². The number of methoxy groups -OCH3 is 1. The first-order valence-corrected chi connectivity index (χ1v) is 11.4. The van der Waals surface area contributed by atoms with Crippen molar-refractivity contribution in [1.82, 2.24) is 0 Å². The van der Waals surface area contributed by atoms with Gasteiger partial charge in [0.05, 0.1) is 24.7 Å². The normalized spacial score (nSPS) is 25.0. The van der Waals surface area contributed by atoms with Crippen molar-refractivity contribution in [1.29, 1.82) is 0 Å². The molecule has 1 saturated heterocycles. The number of phenols is 1. The number of carbonyl (C=O) groups excluding carboxylic acids is 1. The van der Waals surface area contributed by atoms with Crippen LogP contribution in [-0.4, -0.2) is 75.7 Å². The number of fused-ring (bicyclic) bond motifs is 1. The molecule has 0 spiro atoms. The van der Waals surface area contributed by atoms with Crippen molar-refractivity contribution in [3.8, 4) is 17.2 Å². The SMILES string of the molecule is COc1cc(O[C@H]2O[C@H](CO)[C@@H](O)[C@H](O)[C@H]2O)c2c(O)c(C(=O)CCCC(C)C)c(C)cc2c1. The van der Waals surface area contributed by atoms with Crippen LogP contribution in [0.25, 0.3) is 10.8 Å². The number of carbonyl (C=O) groups is 1. The molecule has 5 atom stereocenters. The molecule has 1 aliphatic heterocycles. The molecule has 9 nitrogen and oxygen atoms in total. The Morgan fingerprint density at radius 2 is 1.82 bits per heavy atom. The number of hydrogen-bond donors (Lipinski definition) is 5. The highest BCUT2D eigenvalue weighted by atomic mass is 16.7. The van der Waals surface area contributed by atoms with Crippen LogP contribution in [0.1, 0.15) is 49.0 Å². The molecule has 0 bridgehead atoms. The summed E-state index contributed by atoms with van der Waals surface area (Å²) < 4.78 is 16.6. The number of rotatable bonds is 9. The van der Waals surface area contributed by atoms with Gasteiger partial charge in [-0.1, -0.05) is 26.3 Å². The van der Waals surface area contributed by atoms with Crippen LogP contribution in [0.2, 0.25) is 0 Å². The van der Waals surface area contributed by atoms with Gasteiger partial charge in [-0.25, -0.2) is 0 Å². The summed E-state index contributed by atoms with van der Waals surface area (Å²) >= 11 is 0. The molecule has 9 heteroatoms. The van der Waals surface area contributed by atoms with Crippen LogP contribution < -0.4 is 9.47 Å². The summed E-state index contributed by atoms with van der Waals surface area (Å²) in [6, 6.07) is 4.88. The smallest absolute Gasteiger partial charge is 0.229 e. The Hall–Kier alpha value is -2.43. The van der Waals surface area contributed by atoms with Crippen molar-refractivity contribution in [2.24, 2.45) is 5.92 Å². The molecule has 3 rings (SSSR count). The molecule has 2 aromatic carbocycles. The number of Topliss-reactive ketones (excluding diaryl/α,β-unsaturated/α-hetero) is 1. The molecule has 0 aliphatic carbocycles. The summed E-state index contributed by atoms with van der Waals surface area (Å²) in [5.41, 5.74) is 0.798. The number of aryl methyl sites for hydroxylation is 1. The predicted octanol–water partition coefficient (Wildman–Crippen LogP) is 2.05.